The Kier molecular flexibility index (Phi) is 3.53. The molecular weight excluding hydrogens is 260 g/mol. The van der Waals surface area contributed by atoms with Gasteiger partial charge >= 0.3 is 0 Å². The third-order valence-electron chi connectivity index (χ3n) is 3.65. The molecule has 0 unspecified atom stereocenters. The zero-order valence-electron chi connectivity index (χ0n) is 11.4. The second-order valence-electron chi connectivity index (χ2n) is 4.98. The topological polar surface area (TPSA) is 52.9 Å². The van der Waals surface area contributed by atoms with E-state index < -0.39 is 5.92 Å². The van der Waals surface area contributed by atoms with E-state index in [0.717, 1.165) is 16.8 Å². The van der Waals surface area contributed by atoms with Crippen LogP contribution >= 0.6 is 0 Å². The maximum atomic E-state index is 12.2. The molecule has 1 aliphatic rings. The van der Waals surface area contributed by atoms with Crippen LogP contribution in [-0.4, -0.2) is 5.91 Å². The molecule has 3 nitrogen and oxygen atoms in total. The summed E-state index contributed by atoms with van der Waals surface area (Å²) in [6, 6.07) is 21.5. The summed E-state index contributed by atoms with van der Waals surface area (Å²) in [7, 11) is 0. The van der Waals surface area contributed by atoms with Crippen LogP contribution in [0, 0.1) is 17.2 Å². The molecule has 0 radical (unpaired) electrons. The van der Waals surface area contributed by atoms with Crippen LogP contribution in [0.3, 0.4) is 0 Å². The van der Waals surface area contributed by atoms with Gasteiger partial charge in [-0.15, -0.1) is 0 Å². The van der Waals surface area contributed by atoms with Crippen molar-refractivity contribution < 1.29 is 4.79 Å². The first kappa shape index (κ1) is 13.1. The minimum atomic E-state index is -0.695. The fraction of sp³-hybridized carbons (Fsp3) is 0.111. The predicted molar refractivity (Wildman–Crippen MR) is 80.8 cm³/mol. The second-order valence-corrected chi connectivity index (χ2v) is 4.98. The summed E-state index contributed by atoms with van der Waals surface area (Å²) in [5, 5.41) is 12.1. The highest BCUT2D eigenvalue weighted by Crippen LogP contribution is 2.32. The van der Waals surface area contributed by atoms with Crippen LogP contribution in [0.25, 0.3) is 5.70 Å². The van der Waals surface area contributed by atoms with E-state index >= 15 is 0 Å². The van der Waals surface area contributed by atoms with Crippen molar-refractivity contribution in [3.8, 4) is 6.07 Å². The van der Waals surface area contributed by atoms with Crippen molar-refractivity contribution >= 4 is 11.6 Å². The van der Waals surface area contributed by atoms with Gasteiger partial charge in [-0.05, 0) is 11.1 Å². The number of benzene rings is 2. The minimum absolute atomic E-state index is 0.222. The van der Waals surface area contributed by atoms with Gasteiger partial charge in [0.2, 0.25) is 5.91 Å². The largest absolute Gasteiger partial charge is 0.325 e. The van der Waals surface area contributed by atoms with E-state index in [-0.39, 0.29) is 11.8 Å². The molecule has 1 N–H and O–H groups in total. The Morgan fingerprint density at radius 1 is 0.952 bits per heavy atom. The molecule has 0 aliphatic carbocycles. The molecule has 3 heteroatoms. The molecule has 21 heavy (non-hydrogen) atoms. The second kappa shape index (κ2) is 5.64. The predicted octanol–water partition coefficient (Wildman–Crippen LogP) is 3.08. The number of nitrogens with one attached hydrogen (secondary N) is 1. The zero-order chi connectivity index (χ0) is 14.7. The van der Waals surface area contributed by atoms with Gasteiger partial charge in [0.15, 0.2) is 0 Å². The van der Waals surface area contributed by atoms with Gasteiger partial charge in [0.25, 0.3) is 0 Å². The first-order chi connectivity index (χ1) is 10.3. The lowest BCUT2D eigenvalue weighted by Gasteiger charge is -2.26. The molecule has 1 heterocycles. The van der Waals surface area contributed by atoms with Gasteiger partial charge in [0, 0.05) is 11.6 Å². The van der Waals surface area contributed by atoms with Crippen molar-refractivity contribution in [2.75, 3.05) is 0 Å². The lowest BCUT2D eigenvalue weighted by Crippen LogP contribution is -2.36. The Morgan fingerprint density at radius 3 is 2.19 bits per heavy atom. The molecule has 0 bridgehead atoms. The monoisotopic (exact) mass is 274 g/mol. The summed E-state index contributed by atoms with van der Waals surface area (Å²) in [6.07, 6.45) is 1.97. The quantitative estimate of drug-likeness (QED) is 0.915. The average molecular weight is 274 g/mol. The van der Waals surface area contributed by atoms with Crippen LogP contribution in [-0.2, 0) is 4.79 Å². The smallest absolute Gasteiger partial charge is 0.242 e. The van der Waals surface area contributed by atoms with Crippen molar-refractivity contribution in [2.24, 2.45) is 5.92 Å². The van der Waals surface area contributed by atoms with Crippen LogP contribution in [0.5, 0.6) is 0 Å². The van der Waals surface area contributed by atoms with Gasteiger partial charge < -0.3 is 5.32 Å². The fourth-order valence-corrected chi connectivity index (χ4v) is 2.58. The molecule has 3 rings (SSSR count). The SMILES string of the molecule is N#C[C@H]1C(=O)NC(c2ccccc2)=C[C@H]1c1ccccc1. The van der Waals surface area contributed by atoms with E-state index in [4.69, 9.17) is 0 Å². The van der Waals surface area contributed by atoms with E-state index in [2.05, 4.69) is 11.4 Å². The fourth-order valence-electron chi connectivity index (χ4n) is 2.58. The van der Waals surface area contributed by atoms with Gasteiger partial charge in [0.05, 0.1) is 6.07 Å². The van der Waals surface area contributed by atoms with Crippen LogP contribution in [0.4, 0.5) is 0 Å². The molecule has 1 amide bonds. The number of hydrogen-bond acceptors (Lipinski definition) is 2. The van der Waals surface area contributed by atoms with Crippen LogP contribution < -0.4 is 5.32 Å². The van der Waals surface area contributed by atoms with Gasteiger partial charge in [-0.2, -0.15) is 5.26 Å². The van der Waals surface area contributed by atoms with Crippen molar-refractivity contribution in [2.45, 2.75) is 5.92 Å². The third-order valence-corrected chi connectivity index (χ3v) is 3.65. The molecule has 2 aromatic rings. The number of nitriles is 1. The summed E-state index contributed by atoms with van der Waals surface area (Å²) >= 11 is 0. The first-order valence-corrected chi connectivity index (χ1v) is 6.82. The van der Waals surface area contributed by atoms with Crippen LogP contribution in [0.15, 0.2) is 66.7 Å². The lowest BCUT2D eigenvalue weighted by molar-refractivity contribution is -0.122. The van der Waals surface area contributed by atoms with E-state index in [1.807, 2.05) is 66.7 Å². The average Bonchev–Trinajstić information content (AvgIpc) is 2.55. The molecule has 1 aliphatic heterocycles. The molecule has 0 saturated carbocycles. The standard InChI is InChI=1S/C18H14N2O/c19-12-16-15(13-7-3-1-4-8-13)11-17(20-18(16)21)14-9-5-2-6-10-14/h1-11,15-16H,(H,20,21)/t15-,16+/m0/s1. The molecule has 2 aromatic carbocycles. The van der Waals surface area contributed by atoms with E-state index in [0.29, 0.717) is 0 Å². The van der Waals surface area contributed by atoms with Gasteiger partial charge in [0.1, 0.15) is 5.92 Å². The Bertz CT molecular complexity index is 714. The number of rotatable bonds is 2. The molecular formula is C18H14N2O. The van der Waals surface area contributed by atoms with Crippen molar-refractivity contribution in [3.63, 3.8) is 0 Å². The molecule has 102 valence electrons. The van der Waals surface area contributed by atoms with Crippen molar-refractivity contribution in [1.82, 2.24) is 5.32 Å². The van der Waals surface area contributed by atoms with E-state index in [1.165, 1.54) is 0 Å². The number of carbonyl (C=O) groups is 1. The molecule has 0 fully saturated rings. The van der Waals surface area contributed by atoms with E-state index in [9.17, 15) is 10.1 Å². The Labute approximate surface area is 123 Å². The highest BCUT2D eigenvalue weighted by atomic mass is 16.1. The number of allylic oxidation sites excluding steroid dienone is 1. The number of carbonyl (C=O) groups excluding carboxylic acids is 1. The lowest BCUT2D eigenvalue weighted by atomic mass is 9.82. The number of amides is 1. The summed E-state index contributed by atoms with van der Waals surface area (Å²) < 4.78 is 0. The van der Waals surface area contributed by atoms with Gasteiger partial charge in [-0.3, -0.25) is 4.79 Å². The van der Waals surface area contributed by atoms with Crippen molar-refractivity contribution in [1.29, 1.82) is 5.26 Å². The summed E-state index contributed by atoms with van der Waals surface area (Å²) in [5.74, 6) is -1.16. The summed E-state index contributed by atoms with van der Waals surface area (Å²) in [6.45, 7) is 0. The molecule has 0 spiro atoms. The van der Waals surface area contributed by atoms with Crippen LogP contribution in [0.2, 0.25) is 0 Å². The maximum absolute atomic E-state index is 12.2. The molecule has 0 aromatic heterocycles. The Morgan fingerprint density at radius 2 is 1.57 bits per heavy atom. The van der Waals surface area contributed by atoms with Gasteiger partial charge in [-0.1, -0.05) is 66.7 Å². The Balaban J connectivity index is 2.06. The number of hydrogen-bond donors (Lipinski definition) is 1. The first-order valence-electron chi connectivity index (χ1n) is 6.82. The maximum Gasteiger partial charge on any atom is 0.242 e. The Hall–Kier alpha value is -2.86. The molecule has 2 atom stereocenters. The molecule has 0 saturated heterocycles. The zero-order valence-corrected chi connectivity index (χ0v) is 11.4. The highest BCUT2D eigenvalue weighted by molar-refractivity contribution is 5.93. The number of nitrogens with zero attached hydrogens (tertiary/aromatic N) is 1. The minimum Gasteiger partial charge on any atom is -0.325 e. The normalized spacial score (nSPS) is 21.1. The highest BCUT2D eigenvalue weighted by Gasteiger charge is 2.33. The summed E-state index contributed by atoms with van der Waals surface area (Å²) in [5.41, 5.74) is 2.69. The van der Waals surface area contributed by atoms with E-state index in [1.54, 1.807) is 0 Å². The van der Waals surface area contributed by atoms with Gasteiger partial charge in [-0.25, -0.2) is 0 Å². The summed E-state index contributed by atoms with van der Waals surface area (Å²) in [4.78, 5) is 12.2. The van der Waals surface area contributed by atoms with Crippen LogP contribution in [0.1, 0.15) is 17.0 Å². The third kappa shape index (κ3) is 2.56. The van der Waals surface area contributed by atoms with Crippen molar-refractivity contribution in [3.05, 3.63) is 77.9 Å².